The average molecular weight is 538 g/mol. The number of Topliss-reactive ketones (excluding diaryl/α,β-unsaturated/α-hetero) is 1. The number of ether oxygens (including phenoxy) is 1. The van der Waals surface area contributed by atoms with Crippen LogP contribution in [0.4, 0.5) is 20.4 Å². The third-order valence-electron chi connectivity index (χ3n) is 6.17. The SMILES string of the molecule is Nc1nc(-c2ccc(Cl)c(C(=O)Nc3cc(C(=O)CCC4COC4)nn3-c3ccccc3)c2)c(F)cc1F. The molecule has 3 heterocycles. The molecule has 0 spiro atoms. The van der Waals surface area contributed by atoms with Crippen molar-refractivity contribution < 1.29 is 23.1 Å². The lowest BCUT2D eigenvalue weighted by molar-refractivity contribution is -0.0354. The second-order valence-electron chi connectivity index (χ2n) is 8.86. The Morgan fingerprint density at radius 2 is 1.84 bits per heavy atom. The van der Waals surface area contributed by atoms with Gasteiger partial charge in [-0.25, -0.2) is 18.4 Å². The van der Waals surface area contributed by atoms with Crippen molar-refractivity contribution >= 4 is 34.9 Å². The van der Waals surface area contributed by atoms with Crippen LogP contribution in [0.5, 0.6) is 0 Å². The van der Waals surface area contributed by atoms with Crippen molar-refractivity contribution in [3.05, 3.63) is 88.6 Å². The predicted molar refractivity (Wildman–Crippen MR) is 138 cm³/mol. The highest BCUT2D eigenvalue weighted by molar-refractivity contribution is 6.34. The van der Waals surface area contributed by atoms with Crippen molar-refractivity contribution in [1.29, 1.82) is 0 Å². The number of rotatable bonds is 8. The van der Waals surface area contributed by atoms with Crippen LogP contribution >= 0.6 is 11.6 Å². The molecule has 0 atom stereocenters. The molecule has 0 aliphatic carbocycles. The molecule has 2 aromatic heterocycles. The molecule has 1 fully saturated rings. The molecule has 3 N–H and O–H groups in total. The maximum Gasteiger partial charge on any atom is 0.258 e. The first-order valence-electron chi connectivity index (χ1n) is 11.8. The zero-order chi connectivity index (χ0) is 26.8. The van der Waals surface area contributed by atoms with E-state index in [1.54, 1.807) is 24.3 Å². The summed E-state index contributed by atoms with van der Waals surface area (Å²) < 4.78 is 34.6. The third-order valence-corrected chi connectivity index (χ3v) is 6.49. The van der Waals surface area contributed by atoms with Crippen LogP contribution in [0.1, 0.15) is 33.7 Å². The van der Waals surface area contributed by atoms with Gasteiger partial charge in [0, 0.05) is 30.0 Å². The monoisotopic (exact) mass is 537 g/mol. The number of amides is 1. The lowest BCUT2D eigenvalue weighted by Gasteiger charge is -2.25. The number of carbonyl (C=O) groups is 2. The van der Waals surface area contributed by atoms with E-state index in [9.17, 15) is 18.4 Å². The van der Waals surface area contributed by atoms with E-state index in [1.165, 1.54) is 28.9 Å². The summed E-state index contributed by atoms with van der Waals surface area (Å²) in [4.78, 5) is 29.9. The Kier molecular flexibility index (Phi) is 7.17. The van der Waals surface area contributed by atoms with Gasteiger partial charge in [0.1, 0.15) is 17.2 Å². The number of pyridine rings is 1. The molecule has 0 bridgehead atoms. The lowest BCUT2D eigenvalue weighted by atomic mass is 9.99. The number of para-hydroxylation sites is 1. The van der Waals surface area contributed by atoms with Crippen molar-refractivity contribution in [3.8, 4) is 16.9 Å². The van der Waals surface area contributed by atoms with Gasteiger partial charge in [0.05, 0.1) is 29.5 Å². The largest absolute Gasteiger partial charge is 0.381 e. The summed E-state index contributed by atoms with van der Waals surface area (Å²) in [7, 11) is 0. The molecule has 0 radical (unpaired) electrons. The van der Waals surface area contributed by atoms with Crippen molar-refractivity contribution in [2.75, 3.05) is 24.3 Å². The van der Waals surface area contributed by atoms with Crippen LogP contribution in [0.25, 0.3) is 16.9 Å². The Hall–Kier alpha value is -4.15. The molecule has 8 nitrogen and oxygen atoms in total. The first kappa shape index (κ1) is 25.5. The highest BCUT2D eigenvalue weighted by Gasteiger charge is 2.23. The summed E-state index contributed by atoms with van der Waals surface area (Å²) in [5.74, 6) is -2.58. The summed E-state index contributed by atoms with van der Waals surface area (Å²) >= 11 is 6.30. The van der Waals surface area contributed by atoms with Gasteiger partial charge in [-0.1, -0.05) is 35.9 Å². The van der Waals surface area contributed by atoms with Crippen molar-refractivity contribution in [2.24, 2.45) is 5.92 Å². The molecule has 5 rings (SSSR count). The smallest absolute Gasteiger partial charge is 0.258 e. The number of anilines is 2. The highest BCUT2D eigenvalue weighted by atomic mass is 35.5. The number of nitrogen functional groups attached to an aromatic ring is 1. The van der Waals surface area contributed by atoms with E-state index >= 15 is 0 Å². The van der Waals surface area contributed by atoms with Crippen molar-refractivity contribution in [2.45, 2.75) is 12.8 Å². The highest BCUT2D eigenvalue weighted by Crippen LogP contribution is 2.29. The zero-order valence-electron chi connectivity index (χ0n) is 20.0. The molecular formula is C27H22ClF2N5O3. The Balaban J connectivity index is 1.45. The Morgan fingerprint density at radius 3 is 2.55 bits per heavy atom. The van der Waals surface area contributed by atoms with Gasteiger partial charge in [-0.15, -0.1) is 0 Å². The average Bonchev–Trinajstić information content (AvgIpc) is 3.30. The molecule has 1 amide bonds. The summed E-state index contributed by atoms with van der Waals surface area (Å²) in [5.41, 5.74) is 6.29. The van der Waals surface area contributed by atoms with E-state index < -0.39 is 23.4 Å². The Labute approximate surface area is 221 Å². The maximum atomic E-state index is 14.4. The van der Waals surface area contributed by atoms with Gasteiger partial charge >= 0.3 is 0 Å². The van der Waals surface area contributed by atoms with Crippen LogP contribution in [0, 0.1) is 17.6 Å². The first-order chi connectivity index (χ1) is 18.3. The number of halogens is 3. The van der Waals surface area contributed by atoms with E-state index in [0.717, 1.165) is 0 Å². The fourth-order valence-electron chi connectivity index (χ4n) is 4.00. The number of nitrogens with one attached hydrogen (secondary N) is 1. The quantitative estimate of drug-likeness (QED) is 0.295. The van der Waals surface area contributed by atoms with Crippen molar-refractivity contribution in [1.82, 2.24) is 14.8 Å². The van der Waals surface area contributed by atoms with Crippen LogP contribution in [0.2, 0.25) is 5.02 Å². The van der Waals surface area contributed by atoms with Crippen LogP contribution in [0.15, 0.2) is 60.7 Å². The van der Waals surface area contributed by atoms with Gasteiger partial charge in [0.25, 0.3) is 5.91 Å². The molecule has 194 valence electrons. The molecule has 0 saturated carbocycles. The minimum absolute atomic E-state index is 0.00642. The number of nitrogens with zero attached hydrogens (tertiary/aromatic N) is 3. The second kappa shape index (κ2) is 10.7. The molecule has 11 heteroatoms. The van der Waals surface area contributed by atoms with Gasteiger partial charge in [0.2, 0.25) is 0 Å². The normalized spacial score (nSPS) is 13.2. The number of carbonyl (C=O) groups excluding carboxylic acids is 2. The first-order valence-corrected chi connectivity index (χ1v) is 12.2. The fraction of sp³-hybridized carbons (Fsp3) is 0.185. The maximum absolute atomic E-state index is 14.4. The Morgan fingerprint density at radius 1 is 1.08 bits per heavy atom. The number of aromatic nitrogens is 3. The van der Waals surface area contributed by atoms with E-state index in [4.69, 9.17) is 22.1 Å². The van der Waals surface area contributed by atoms with Gasteiger partial charge in [-0.3, -0.25) is 9.59 Å². The molecule has 38 heavy (non-hydrogen) atoms. The molecular weight excluding hydrogens is 516 g/mol. The van der Waals surface area contributed by atoms with E-state index in [2.05, 4.69) is 15.4 Å². The molecule has 1 saturated heterocycles. The van der Waals surface area contributed by atoms with Gasteiger partial charge in [0.15, 0.2) is 23.2 Å². The van der Waals surface area contributed by atoms with Crippen LogP contribution in [0.3, 0.4) is 0 Å². The molecule has 2 aromatic carbocycles. The number of benzene rings is 2. The van der Waals surface area contributed by atoms with Crippen LogP contribution < -0.4 is 11.1 Å². The molecule has 0 unspecified atom stereocenters. The summed E-state index contributed by atoms with van der Waals surface area (Å²) in [6, 6.07) is 15.3. The standard InChI is InChI=1S/C27H22ClF2N5O3/c28-19-8-7-16(25-20(29)11-21(30)26(31)33-25)10-18(19)27(37)32-24-12-22(23(36)9-6-15-13-38-14-15)34-35(24)17-4-2-1-3-5-17/h1-5,7-8,10-12,15H,6,9,13-14H2,(H2,31,33)(H,32,37). The number of ketones is 1. The number of hydrogen-bond acceptors (Lipinski definition) is 6. The Bertz CT molecular complexity index is 1520. The number of nitrogens with two attached hydrogens (primary N) is 1. The lowest BCUT2D eigenvalue weighted by Crippen LogP contribution is -2.27. The second-order valence-corrected chi connectivity index (χ2v) is 9.27. The molecule has 4 aromatic rings. The van der Waals surface area contributed by atoms with Gasteiger partial charge in [-0.05, 0) is 30.7 Å². The molecule has 1 aliphatic rings. The van der Waals surface area contributed by atoms with E-state index in [0.29, 0.717) is 43.7 Å². The predicted octanol–water partition coefficient (Wildman–Crippen LogP) is 5.31. The minimum atomic E-state index is -0.987. The topological polar surface area (TPSA) is 112 Å². The van der Waals surface area contributed by atoms with Gasteiger partial charge < -0.3 is 15.8 Å². The fourth-order valence-corrected chi connectivity index (χ4v) is 4.20. The van der Waals surface area contributed by atoms with Gasteiger partial charge in [-0.2, -0.15) is 5.10 Å². The van der Waals surface area contributed by atoms with E-state index in [-0.39, 0.29) is 39.1 Å². The minimum Gasteiger partial charge on any atom is -0.381 e. The van der Waals surface area contributed by atoms with Crippen LogP contribution in [-0.4, -0.2) is 39.7 Å². The summed E-state index contributed by atoms with van der Waals surface area (Å²) in [5, 5.41) is 7.28. The zero-order valence-corrected chi connectivity index (χ0v) is 20.7. The van der Waals surface area contributed by atoms with Crippen LogP contribution in [-0.2, 0) is 4.74 Å². The summed E-state index contributed by atoms with van der Waals surface area (Å²) in [6.45, 7) is 1.30. The van der Waals surface area contributed by atoms with E-state index in [1.807, 2.05) is 6.07 Å². The van der Waals surface area contributed by atoms with Crippen molar-refractivity contribution in [3.63, 3.8) is 0 Å². The molecule has 1 aliphatic heterocycles. The number of hydrogen-bond donors (Lipinski definition) is 2. The summed E-state index contributed by atoms with van der Waals surface area (Å²) in [6.07, 6.45) is 1.00. The third kappa shape index (κ3) is 5.27.